The normalized spacial score (nSPS) is 10.5. The van der Waals surface area contributed by atoms with Crippen molar-refractivity contribution in [3.8, 4) is 17.1 Å². The molecule has 0 bridgehead atoms. The molecule has 0 amide bonds. The summed E-state index contributed by atoms with van der Waals surface area (Å²) in [6, 6.07) is 5.06. The summed E-state index contributed by atoms with van der Waals surface area (Å²) in [5.74, 6) is 1.13. The van der Waals surface area contributed by atoms with E-state index in [1.165, 1.54) is 0 Å². The number of hydrogen-bond donors (Lipinski definition) is 2. The number of phenolic OH excluding ortho intramolecular Hbond substituents is 1. The van der Waals surface area contributed by atoms with E-state index in [2.05, 4.69) is 21.1 Å². The van der Waals surface area contributed by atoms with Gasteiger partial charge in [-0.2, -0.15) is 0 Å². The van der Waals surface area contributed by atoms with Gasteiger partial charge in [-0.15, -0.1) is 0 Å². The molecule has 2 aromatic rings. The van der Waals surface area contributed by atoms with Crippen molar-refractivity contribution in [3.63, 3.8) is 0 Å². The van der Waals surface area contributed by atoms with Gasteiger partial charge in [0.25, 0.3) is 0 Å². The molecule has 0 aliphatic rings. The van der Waals surface area contributed by atoms with Crippen LogP contribution in [0.25, 0.3) is 11.3 Å². The predicted octanol–water partition coefficient (Wildman–Crippen LogP) is 2.70. The van der Waals surface area contributed by atoms with E-state index in [1.54, 1.807) is 18.2 Å². The molecule has 1 aromatic carbocycles. The lowest BCUT2D eigenvalue weighted by atomic mass is 10.1. The van der Waals surface area contributed by atoms with E-state index < -0.39 is 0 Å². The number of hydrogen-bond acceptors (Lipinski definition) is 4. The smallest absolute Gasteiger partial charge is 0.169 e. The maximum atomic E-state index is 9.46. The molecule has 15 heavy (non-hydrogen) atoms. The molecule has 0 fully saturated rings. The highest BCUT2D eigenvalue weighted by Gasteiger charge is 2.10. The van der Waals surface area contributed by atoms with Crippen LogP contribution in [0.3, 0.4) is 0 Å². The van der Waals surface area contributed by atoms with Crippen LogP contribution in [0.2, 0.25) is 0 Å². The third-order valence-electron chi connectivity index (χ3n) is 2.09. The quantitative estimate of drug-likeness (QED) is 0.834. The van der Waals surface area contributed by atoms with Gasteiger partial charge in [0.1, 0.15) is 5.75 Å². The van der Waals surface area contributed by atoms with Gasteiger partial charge in [-0.3, -0.25) is 0 Å². The van der Waals surface area contributed by atoms with Crippen molar-refractivity contribution in [1.82, 2.24) is 5.16 Å². The highest BCUT2D eigenvalue weighted by Crippen LogP contribution is 2.33. The average Bonchev–Trinajstić information content (AvgIpc) is 2.58. The first-order valence-electron chi connectivity index (χ1n) is 4.29. The molecule has 0 aliphatic carbocycles. The number of aromatic hydroxyl groups is 1. The Morgan fingerprint density at radius 3 is 2.73 bits per heavy atom. The molecule has 0 saturated heterocycles. The zero-order valence-electron chi connectivity index (χ0n) is 7.99. The number of nitrogens with two attached hydrogens (primary N) is 1. The van der Waals surface area contributed by atoms with E-state index in [0.717, 1.165) is 11.1 Å². The minimum absolute atomic E-state index is 0.198. The molecule has 0 atom stereocenters. The third kappa shape index (κ3) is 1.83. The van der Waals surface area contributed by atoms with Gasteiger partial charge in [0.15, 0.2) is 11.6 Å². The SMILES string of the molecule is Cc1cc(O)c(Br)cc1-c1cc(N)no1. The topological polar surface area (TPSA) is 72.3 Å². The van der Waals surface area contributed by atoms with Gasteiger partial charge < -0.3 is 15.4 Å². The van der Waals surface area contributed by atoms with Crippen LogP contribution in [0, 0.1) is 6.92 Å². The number of benzene rings is 1. The van der Waals surface area contributed by atoms with Crippen molar-refractivity contribution in [2.24, 2.45) is 0 Å². The Hall–Kier alpha value is -1.49. The van der Waals surface area contributed by atoms with Crippen molar-refractivity contribution in [3.05, 3.63) is 28.2 Å². The molecule has 3 N–H and O–H groups in total. The zero-order valence-corrected chi connectivity index (χ0v) is 9.58. The number of anilines is 1. The predicted molar refractivity (Wildman–Crippen MR) is 60.5 cm³/mol. The van der Waals surface area contributed by atoms with Crippen LogP contribution in [-0.2, 0) is 0 Å². The minimum Gasteiger partial charge on any atom is -0.507 e. The highest BCUT2D eigenvalue weighted by molar-refractivity contribution is 9.10. The summed E-state index contributed by atoms with van der Waals surface area (Å²) in [5.41, 5.74) is 7.21. The first-order chi connectivity index (χ1) is 7.08. The van der Waals surface area contributed by atoms with Crippen LogP contribution in [-0.4, -0.2) is 10.3 Å². The van der Waals surface area contributed by atoms with Gasteiger partial charge in [0, 0.05) is 11.6 Å². The second kappa shape index (κ2) is 3.58. The van der Waals surface area contributed by atoms with E-state index in [-0.39, 0.29) is 5.75 Å². The number of nitrogens with zero attached hydrogens (tertiary/aromatic N) is 1. The number of aromatic nitrogens is 1. The lowest BCUT2D eigenvalue weighted by Gasteiger charge is -2.04. The van der Waals surface area contributed by atoms with Gasteiger partial charge in [0.2, 0.25) is 0 Å². The van der Waals surface area contributed by atoms with Crippen molar-refractivity contribution in [1.29, 1.82) is 0 Å². The Balaban J connectivity index is 2.58. The Labute approximate surface area is 94.8 Å². The van der Waals surface area contributed by atoms with E-state index in [4.69, 9.17) is 10.3 Å². The Kier molecular flexibility index (Phi) is 2.40. The Morgan fingerprint density at radius 1 is 1.40 bits per heavy atom. The van der Waals surface area contributed by atoms with Gasteiger partial charge in [-0.25, -0.2) is 0 Å². The summed E-state index contributed by atoms with van der Waals surface area (Å²) in [6.45, 7) is 1.88. The fourth-order valence-electron chi connectivity index (χ4n) is 1.35. The first kappa shape index (κ1) is 10.0. The number of phenols is 1. The first-order valence-corrected chi connectivity index (χ1v) is 5.09. The summed E-state index contributed by atoms with van der Waals surface area (Å²) in [4.78, 5) is 0. The molecule has 0 spiro atoms. The van der Waals surface area contributed by atoms with Crippen LogP contribution >= 0.6 is 15.9 Å². The second-order valence-corrected chi connectivity index (χ2v) is 4.09. The fraction of sp³-hybridized carbons (Fsp3) is 0.100. The highest BCUT2D eigenvalue weighted by atomic mass is 79.9. The molecule has 1 aromatic heterocycles. The monoisotopic (exact) mass is 268 g/mol. The number of aryl methyl sites for hydroxylation is 1. The van der Waals surface area contributed by atoms with Crippen molar-refractivity contribution >= 4 is 21.7 Å². The lowest BCUT2D eigenvalue weighted by molar-refractivity contribution is 0.435. The van der Waals surface area contributed by atoms with Crippen LogP contribution < -0.4 is 5.73 Å². The maximum Gasteiger partial charge on any atom is 0.169 e. The fourth-order valence-corrected chi connectivity index (χ4v) is 1.69. The largest absolute Gasteiger partial charge is 0.507 e. The summed E-state index contributed by atoms with van der Waals surface area (Å²) < 4.78 is 5.66. The van der Waals surface area contributed by atoms with Crippen LogP contribution in [0.5, 0.6) is 5.75 Å². The number of nitrogen functional groups attached to an aromatic ring is 1. The van der Waals surface area contributed by atoms with Crippen molar-refractivity contribution < 1.29 is 9.63 Å². The molecule has 5 heteroatoms. The summed E-state index contributed by atoms with van der Waals surface area (Å²) in [5, 5.41) is 13.1. The maximum absolute atomic E-state index is 9.46. The van der Waals surface area contributed by atoms with Gasteiger partial charge in [0.05, 0.1) is 4.47 Å². The van der Waals surface area contributed by atoms with E-state index >= 15 is 0 Å². The van der Waals surface area contributed by atoms with Gasteiger partial charge >= 0.3 is 0 Å². The lowest BCUT2D eigenvalue weighted by Crippen LogP contribution is -1.82. The molecule has 78 valence electrons. The van der Waals surface area contributed by atoms with Crippen LogP contribution in [0.15, 0.2) is 27.2 Å². The minimum atomic E-state index is 0.198. The average molecular weight is 269 g/mol. The molecular formula is C10H9BrN2O2. The Bertz CT molecular complexity index is 508. The molecular weight excluding hydrogens is 260 g/mol. The van der Waals surface area contributed by atoms with E-state index in [1.807, 2.05) is 6.92 Å². The number of halogens is 1. The third-order valence-corrected chi connectivity index (χ3v) is 2.72. The van der Waals surface area contributed by atoms with Crippen LogP contribution in [0.1, 0.15) is 5.56 Å². The summed E-state index contributed by atoms with van der Waals surface area (Å²) in [7, 11) is 0. The molecule has 4 nitrogen and oxygen atoms in total. The molecule has 0 saturated carbocycles. The summed E-state index contributed by atoms with van der Waals surface area (Å²) >= 11 is 3.24. The zero-order chi connectivity index (χ0) is 11.0. The number of rotatable bonds is 1. The Morgan fingerprint density at radius 2 is 2.13 bits per heavy atom. The van der Waals surface area contributed by atoms with Crippen LogP contribution in [0.4, 0.5) is 5.82 Å². The standard InChI is InChI=1S/C10H9BrN2O2/c1-5-2-8(14)7(11)3-6(5)9-4-10(12)13-15-9/h2-4,14H,1H3,(H2,12,13). The molecule has 1 heterocycles. The van der Waals surface area contributed by atoms with E-state index in [0.29, 0.717) is 16.1 Å². The van der Waals surface area contributed by atoms with Crippen molar-refractivity contribution in [2.75, 3.05) is 5.73 Å². The second-order valence-electron chi connectivity index (χ2n) is 3.23. The van der Waals surface area contributed by atoms with Crippen molar-refractivity contribution in [2.45, 2.75) is 6.92 Å². The van der Waals surface area contributed by atoms with Gasteiger partial charge in [-0.05, 0) is 40.5 Å². The molecule has 0 aliphatic heterocycles. The molecule has 0 unspecified atom stereocenters. The summed E-state index contributed by atoms with van der Waals surface area (Å²) in [6.07, 6.45) is 0. The van der Waals surface area contributed by atoms with Gasteiger partial charge in [-0.1, -0.05) is 5.16 Å². The van der Waals surface area contributed by atoms with E-state index in [9.17, 15) is 5.11 Å². The molecule has 2 rings (SSSR count). The molecule has 0 radical (unpaired) electrons.